The monoisotopic (exact) mass is 283 g/mol. The summed E-state index contributed by atoms with van der Waals surface area (Å²) in [5, 5.41) is 3.10. The number of hydrogen-bond donors (Lipinski definition) is 2. The lowest BCUT2D eigenvalue weighted by molar-refractivity contribution is 0.665. The van der Waals surface area contributed by atoms with E-state index in [0.717, 1.165) is 22.3 Å². The zero-order chi connectivity index (χ0) is 12.1. The van der Waals surface area contributed by atoms with Crippen LogP contribution in [0.1, 0.15) is 19.4 Å². The molecule has 0 heterocycles. The minimum absolute atomic E-state index is 0.468. The average molecular weight is 284 g/mol. The van der Waals surface area contributed by atoms with Gasteiger partial charge >= 0.3 is 0 Å². The van der Waals surface area contributed by atoms with Crippen LogP contribution in [0.15, 0.2) is 27.7 Å². The number of benzene rings is 1. The Hall–Kier alpha value is -1.03. The molecule has 0 unspecified atom stereocenters. The van der Waals surface area contributed by atoms with Gasteiger partial charge < -0.3 is 11.1 Å². The molecule has 0 radical (unpaired) electrons. The van der Waals surface area contributed by atoms with Crippen LogP contribution in [-0.2, 0) is 0 Å². The highest BCUT2D eigenvalue weighted by Gasteiger charge is 2.02. The number of aliphatic imine (C=N–C) groups is 1. The minimum Gasteiger partial charge on any atom is -0.370 e. The smallest absolute Gasteiger partial charge is 0.193 e. The second-order valence-corrected chi connectivity index (χ2v) is 5.01. The number of anilines is 1. The molecule has 16 heavy (non-hydrogen) atoms. The number of nitrogens with zero attached hydrogens (tertiary/aromatic N) is 1. The molecule has 0 bridgehead atoms. The van der Waals surface area contributed by atoms with Crippen molar-refractivity contribution in [2.24, 2.45) is 16.6 Å². The Labute approximate surface area is 105 Å². The lowest BCUT2D eigenvalue weighted by Gasteiger charge is -2.10. The van der Waals surface area contributed by atoms with E-state index in [1.165, 1.54) is 0 Å². The van der Waals surface area contributed by atoms with E-state index >= 15 is 0 Å². The van der Waals surface area contributed by atoms with Crippen molar-refractivity contribution in [2.75, 3.05) is 11.9 Å². The highest BCUT2D eigenvalue weighted by molar-refractivity contribution is 9.10. The summed E-state index contributed by atoms with van der Waals surface area (Å²) in [6.07, 6.45) is 0. The Balaban J connectivity index is 2.73. The molecule has 0 saturated carbocycles. The molecule has 1 rings (SSSR count). The Kier molecular flexibility index (Phi) is 4.80. The number of halogens is 1. The molecule has 1 aromatic rings. The van der Waals surface area contributed by atoms with Crippen LogP contribution in [0.25, 0.3) is 0 Å². The van der Waals surface area contributed by atoms with Gasteiger partial charge in [0.1, 0.15) is 0 Å². The largest absolute Gasteiger partial charge is 0.370 e. The van der Waals surface area contributed by atoms with Gasteiger partial charge in [-0.15, -0.1) is 0 Å². The van der Waals surface area contributed by atoms with Crippen molar-refractivity contribution in [3.63, 3.8) is 0 Å². The van der Waals surface area contributed by atoms with E-state index in [2.05, 4.69) is 40.1 Å². The fourth-order valence-electron chi connectivity index (χ4n) is 1.20. The zero-order valence-electron chi connectivity index (χ0n) is 9.92. The van der Waals surface area contributed by atoms with E-state index in [1.54, 1.807) is 0 Å². The third-order valence-corrected chi connectivity index (χ3v) is 3.02. The summed E-state index contributed by atoms with van der Waals surface area (Å²) in [5.41, 5.74) is 7.91. The van der Waals surface area contributed by atoms with Gasteiger partial charge in [0, 0.05) is 16.7 Å². The van der Waals surface area contributed by atoms with Crippen LogP contribution in [0.2, 0.25) is 0 Å². The molecule has 0 atom stereocenters. The Morgan fingerprint density at radius 1 is 1.50 bits per heavy atom. The van der Waals surface area contributed by atoms with Crippen LogP contribution in [0.5, 0.6) is 0 Å². The molecule has 4 heteroatoms. The standard InChI is InChI=1S/C12H18BrN3/c1-8(2)7-15-12(14)16-11-6-4-5-10(13)9(11)3/h4-6,8H,7H2,1-3H3,(H3,14,15,16). The first-order valence-electron chi connectivity index (χ1n) is 5.32. The number of nitrogens with one attached hydrogen (secondary N) is 1. The van der Waals surface area contributed by atoms with Crippen LogP contribution in [0, 0.1) is 12.8 Å². The van der Waals surface area contributed by atoms with Gasteiger partial charge in [-0.1, -0.05) is 35.8 Å². The molecule has 0 aromatic heterocycles. The summed E-state index contributed by atoms with van der Waals surface area (Å²) in [7, 11) is 0. The van der Waals surface area contributed by atoms with E-state index in [9.17, 15) is 0 Å². The number of rotatable bonds is 3. The predicted octanol–water partition coefficient (Wildman–Crippen LogP) is 3.14. The van der Waals surface area contributed by atoms with Crippen LogP contribution in [-0.4, -0.2) is 12.5 Å². The summed E-state index contributed by atoms with van der Waals surface area (Å²) in [6, 6.07) is 5.95. The Morgan fingerprint density at radius 3 is 2.81 bits per heavy atom. The second-order valence-electron chi connectivity index (χ2n) is 4.16. The van der Waals surface area contributed by atoms with Gasteiger partial charge in [0.25, 0.3) is 0 Å². The Bertz CT molecular complexity index is 386. The molecule has 0 fully saturated rings. The lowest BCUT2D eigenvalue weighted by atomic mass is 10.2. The molecular weight excluding hydrogens is 266 g/mol. The first-order valence-corrected chi connectivity index (χ1v) is 6.12. The van der Waals surface area contributed by atoms with Gasteiger partial charge in [-0.25, -0.2) is 0 Å². The zero-order valence-corrected chi connectivity index (χ0v) is 11.5. The molecule has 3 nitrogen and oxygen atoms in total. The van der Waals surface area contributed by atoms with Crippen LogP contribution >= 0.6 is 15.9 Å². The first-order chi connectivity index (χ1) is 7.50. The molecule has 0 aliphatic carbocycles. The molecule has 1 aromatic carbocycles. The summed E-state index contributed by atoms with van der Waals surface area (Å²) in [4.78, 5) is 4.26. The number of guanidine groups is 1. The van der Waals surface area contributed by atoms with E-state index in [-0.39, 0.29) is 0 Å². The summed E-state index contributed by atoms with van der Waals surface area (Å²) >= 11 is 3.48. The third-order valence-electron chi connectivity index (χ3n) is 2.16. The summed E-state index contributed by atoms with van der Waals surface area (Å²) < 4.78 is 1.06. The molecule has 0 aliphatic rings. The van der Waals surface area contributed by atoms with Gasteiger partial charge in [-0.05, 0) is 30.5 Å². The van der Waals surface area contributed by atoms with Crippen molar-refractivity contribution in [2.45, 2.75) is 20.8 Å². The lowest BCUT2D eigenvalue weighted by Crippen LogP contribution is -2.23. The summed E-state index contributed by atoms with van der Waals surface area (Å²) in [6.45, 7) is 7.00. The van der Waals surface area contributed by atoms with Crippen molar-refractivity contribution in [3.8, 4) is 0 Å². The molecule has 0 spiro atoms. The summed E-state index contributed by atoms with van der Waals surface area (Å²) in [5.74, 6) is 0.985. The topological polar surface area (TPSA) is 50.4 Å². The highest BCUT2D eigenvalue weighted by atomic mass is 79.9. The minimum atomic E-state index is 0.468. The van der Waals surface area contributed by atoms with Crippen molar-refractivity contribution in [1.29, 1.82) is 0 Å². The average Bonchev–Trinajstić information content (AvgIpc) is 2.22. The molecule has 3 N–H and O–H groups in total. The van der Waals surface area contributed by atoms with Gasteiger partial charge in [0.2, 0.25) is 0 Å². The molecule has 88 valence electrons. The van der Waals surface area contributed by atoms with Crippen LogP contribution in [0.3, 0.4) is 0 Å². The molecule has 0 saturated heterocycles. The maximum absolute atomic E-state index is 5.80. The maximum Gasteiger partial charge on any atom is 0.193 e. The molecule has 0 amide bonds. The maximum atomic E-state index is 5.80. The second kappa shape index (κ2) is 5.89. The number of hydrogen-bond acceptors (Lipinski definition) is 1. The van der Waals surface area contributed by atoms with E-state index < -0.39 is 0 Å². The predicted molar refractivity (Wildman–Crippen MR) is 73.8 cm³/mol. The molecular formula is C12H18BrN3. The van der Waals surface area contributed by atoms with Gasteiger partial charge in [0.15, 0.2) is 5.96 Å². The van der Waals surface area contributed by atoms with E-state index in [1.807, 2.05) is 25.1 Å². The van der Waals surface area contributed by atoms with Gasteiger partial charge in [-0.3, -0.25) is 4.99 Å². The van der Waals surface area contributed by atoms with Crippen LogP contribution in [0.4, 0.5) is 5.69 Å². The van der Waals surface area contributed by atoms with Gasteiger partial charge in [-0.2, -0.15) is 0 Å². The Morgan fingerprint density at radius 2 is 2.19 bits per heavy atom. The van der Waals surface area contributed by atoms with Crippen LogP contribution < -0.4 is 11.1 Å². The highest BCUT2D eigenvalue weighted by Crippen LogP contribution is 2.23. The molecule has 0 aliphatic heterocycles. The SMILES string of the molecule is Cc1c(Br)cccc1NC(N)=NCC(C)C. The quantitative estimate of drug-likeness (QED) is 0.661. The van der Waals surface area contributed by atoms with E-state index in [0.29, 0.717) is 11.9 Å². The van der Waals surface area contributed by atoms with Crippen molar-refractivity contribution in [1.82, 2.24) is 0 Å². The first kappa shape index (κ1) is 13.0. The fraction of sp³-hybridized carbons (Fsp3) is 0.417. The van der Waals surface area contributed by atoms with Gasteiger partial charge in [0.05, 0.1) is 0 Å². The van der Waals surface area contributed by atoms with E-state index in [4.69, 9.17) is 5.73 Å². The van der Waals surface area contributed by atoms with Crippen molar-refractivity contribution in [3.05, 3.63) is 28.2 Å². The normalized spacial score (nSPS) is 11.9. The van der Waals surface area contributed by atoms with Crippen molar-refractivity contribution >= 4 is 27.6 Å². The number of nitrogens with two attached hydrogens (primary N) is 1. The fourth-order valence-corrected chi connectivity index (χ4v) is 1.57. The van der Waals surface area contributed by atoms with Crippen molar-refractivity contribution < 1.29 is 0 Å². The third kappa shape index (κ3) is 3.85.